The van der Waals surface area contributed by atoms with Crippen molar-refractivity contribution in [2.24, 2.45) is 5.73 Å². The monoisotopic (exact) mass is 222 g/mol. The number of halogens is 2. The van der Waals surface area contributed by atoms with Gasteiger partial charge in [-0.25, -0.2) is 0 Å². The van der Waals surface area contributed by atoms with Crippen LogP contribution in [0.4, 0.5) is 0 Å². The average molecular weight is 223 g/mol. The number of pyridine rings is 1. The Morgan fingerprint density at radius 3 is 2.23 bits per heavy atom. The molecule has 0 fully saturated rings. The van der Waals surface area contributed by atoms with Crippen LogP contribution in [0.2, 0.25) is 0 Å². The fourth-order valence-corrected chi connectivity index (χ4v) is 0.898. The normalized spacial score (nSPS) is 8.92. The van der Waals surface area contributed by atoms with Crippen LogP contribution in [0.5, 0.6) is 0 Å². The zero-order valence-corrected chi connectivity index (χ0v) is 9.49. The molecule has 1 aromatic rings. The molecule has 0 aliphatic rings. The Kier molecular flexibility index (Phi) is 8.32. The van der Waals surface area contributed by atoms with E-state index in [1.807, 2.05) is 12.3 Å². The van der Waals surface area contributed by atoms with Crippen molar-refractivity contribution < 1.29 is 0 Å². The van der Waals surface area contributed by atoms with E-state index in [2.05, 4.69) is 24.9 Å². The lowest BCUT2D eigenvalue weighted by atomic mass is 10.1. The highest BCUT2D eigenvalue weighted by atomic mass is 35.5. The van der Waals surface area contributed by atoms with Gasteiger partial charge in [0.15, 0.2) is 0 Å². The third-order valence-electron chi connectivity index (χ3n) is 1.72. The third kappa shape index (κ3) is 4.46. The molecule has 0 spiro atoms. The van der Waals surface area contributed by atoms with Crippen molar-refractivity contribution in [1.29, 1.82) is 0 Å². The largest absolute Gasteiger partial charge is 0.325 e. The second-order valence-corrected chi connectivity index (χ2v) is 2.94. The van der Waals surface area contributed by atoms with E-state index in [0.717, 1.165) is 5.69 Å². The topological polar surface area (TPSA) is 38.9 Å². The molecule has 0 bridgehead atoms. The zero-order chi connectivity index (χ0) is 8.27. The predicted molar refractivity (Wildman–Crippen MR) is 60.7 cm³/mol. The maximum Gasteiger partial charge on any atom is 0.0539 e. The van der Waals surface area contributed by atoms with Gasteiger partial charge in [0.05, 0.1) is 5.69 Å². The average Bonchev–Trinajstić information content (AvgIpc) is 2.05. The first-order chi connectivity index (χ1) is 5.24. The summed E-state index contributed by atoms with van der Waals surface area (Å²) in [6.07, 6.45) is 1.90. The second-order valence-electron chi connectivity index (χ2n) is 2.94. The number of nitrogens with two attached hydrogens (primary N) is 1. The Bertz CT molecular complexity index is 222. The van der Waals surface area contributed by atoms with E-state index in [0.29, 0.717) is 12.5 Å². The first-order valence-electron chi connectivity index (χ1n) is 3.89. The molecule has 2 N–H and O–H groups in total. The smallest absolute Gasteiger partial charge is 0.0539 e. The summed E-state index contributed by atoms with van der Waals surface area (Å²) in [6.45, 7) is 4.83. The van der Waals surface area contributed by atoms with Crippen molar-refractivity contribution in [3.8, 4) is 0 Å². The quantitative estimate of drug-likeness (QED) is 0.836. The highest BCUT2D eigenvalue weighted by molar-refractivity contribution is 5.85. The van der Waals surface area contributed by atoms with Gasteiger partial charge in [0.2, 0.25) is 0 Å². The van der Waals surface area contributed by atoms with E-state index in [1.165, 1.54) is 5.56 Å². The molecule has 0 saturated heterocycles. The number of hydrogen-bond acceptors (Lipinski definition) is 2. The van der Waals surface area contributed by atoms with Crippen LogP contribution in [0.1, 0.15) is 31.0 Å². The Labute approximate surface area is 91.8 Å². The van der Waals surface area contributed by atoms with E-state index >= 15 is 0 Å². The van der Waals surface area contributed by atoms with Crippen LogP contribution in [0.15, 0.2) is 18.3 Å². The molecule has 0 atom stereocenters. The molecule has 0 saturated carbocycles. The van der Waals surface area contributed by atoms with Gasteiger partial charge >= 0.3 is 0 Å². The maximum atomic E-state index is 5.41. The van der Waals surface area contributed by atoms with Gasteiger partial charge in [0.25, 0.3) is 0 Å². The lowest BCUT2D eigenvalue weighted by molar-refractivity contribution is 0.849. The van der Waals surface area contributed by atoms with Crippen molar-refractivity contribution in [3.05, 3.63) is 29.6 Å². The zero-order valence-electron chi connectivity index (χ0n) is 7.86. The Morgan fingerprint density at radius 1 is 1.31 bits per heavy atom. The van der Waals surface area contributed by atoms with Gasteiger partial charge in [-0.1, -0.05) is 19.9 Å². The van der Waals surface area contributed by atoms with Crippen molar-refractivity contribution in [2.45, 2.75) is 26.3 Å². The molecule has 0 aliphatic carbocycles. The molecule has 0 radical (unpaired) electrons. The second kappa shape index (κ2) is 7.13. The van der Waals surface area contributed by atoms with Crippen LogP contribution in [-0.2, 0) is 6.54 Å². The van der Waals surface area contributed by atoms with Gasteiger partial charge < -0.3 is 5.73 Å². The van der Waals surface area contributed by atoms with Crippen LogP contribution >= 0.6 is 24.8 Å². The van der Waals surface area contributed by atoms with Gasteiger partial charge in [-0.3, -0.25) is 4.98 Å². The molecular formula is C9H16Cl2N2. The van der Waals surface area contributed by atoms with Gasteiger partial charge in [-0.05, 0) is 17.5 Å². The molecule has 0 unspecified atom stereocenters. The maximum absolute atomic E-state index is 5.41. The van der Waals surface area contributed by atoms with Gasteiger partial charge in [-0.15, -0.1) is 24.8 Å². The summed E-state index contributed by atoms with van der Waals surface area (Å²) >= 11 is 0. The lowest BCUT2D eigenvalue weighted by Crippen LogP contribution is -1.99. The van der Waals surface area contributed by atoms with Gasteiger partial charge in [0.1, 0.15) is 0 Å². The summed E-state index contributed by atoms with van der Waals surface area (Å²) in [5, 5.41) is 0. The van der Waals surface area contributed by atoms with E-state index in [4.69, 9.17) is 5.73 Å². The van der Waals surface area contributed by atoms with E-state index in [-0.39, 0.29) is 24.8 Å². The molecule has 1 rings (SSSR count). The van der Waals surface area contributed by atoms with E-state index < -0.39 is 0 Å². The van der Waals surface area contributed by atoms with Crippen LogP contribution in [-0.4, -0.2) is 4.98 Å². The minimum atomic E-state index is 0. The van der Waals surface area contributed by atoms with Crippen molar-refractivity contribution >= 4 is 24.8 Å². The minimum Gasteiger partial charge on any atom is -0.325 e. The van der Waals surface area contributed by atoms with Crippen molar-refractivity contribution in [2.75, 3.05) is 0 Å². The van der Waals surface area contributed by atoms with Crippen LogP contribution in [0, 0.1) is 0 Å². The highest BCUT2D eigenvalue weighted by Crippen LogP contribution is 2.12. The fourth-order valence-electron chi connectivity index (χ4n) is 0.898. The Morgan fingerprint density at radius 2 is 1.92 bits per heavy atom. The highest BCUT2D eigenvalue weighted by Gasteiger charge is 1.97. The summed E-state index contributed by atoms with van der Waals surface area (Å²) in [6, 6.07) is 4.06. The molecule has 1 aromatic heterocycles. The first kappa shape index (κ1) is 15.2. The van der Waals surface area contributed by atoms with Gasteiger partial charge in [-0.2, -0.15) is 0 Å². The summed E-state index contributed by atoms with van der Waals surface area (Å²) in [7, 11) is 0. The molecule has 4 heteroatoms. The molecule has 0 aliphatic heterocycles. The number of rotatable bonds is 2. The molecule has 2 nitrogen and oxygen atoms in total. The van der Waals surface area contributed by atoms with Crippen LogP contribution in [0.25, 0.3) is 0 Å². The molecule has 1 heterocycles. The molecular weight excluding hydrogens is 207 g/mol. The predicted octanol–water partition coefficient (Wildman–Crippen LogP) is 2.51. The summed E-state index contributed by atoms with van der Waals surface area (Å²) in [5.74, 6) is 0.550. The standard InChI is InChI=1S/C9H14N2.2ClH/c1-7(2)8-3-4-9(5-10)11-6-8;;/h3-4,6-7H,5,10H2,1-2H3;2*1H. The SMILES string of the molecule is CC(C)c1ccc(CN)nc1.Cl.Cl. The summed E-state index contributed by atoms with van der Waals surface area (Å²) in [4.78, 5) is 4.19. The number of nitrogens with zero attached hydrogens (tertiary/aromatic N) is 1. The lowest BCUT2D eigenvalue weighted by Gasteiger charge is -2.04. The Hall–Kier alpha value is -0.310. The van der Waals surface area contributed by atoms with Crippen molar-refractivity contribution in [3.63, 3.8) is 0 Å². The van der Waals surface area contributed by atoms with Crippen LogP contribution < -0.4 is 5.73 Å². The molecule has 13 heavy (non-hydrogen) atoms. The van der Waals surface area contributed by atoms with Crippen molar-refractivity contribution in [1.82, 2.24) is 4.98 Å². The minimum absolute atomic E-state index is 0. The fraction of sp³-hybridized carbons (Fsp3) is 0.444. The van der Waals surface area contributed by atoms with E-state index in [1.54, 1.807) is 0 Å². The number of aromatic nitrogens is 1. The molecule has 76 valence electrons. The summed E-state index contributed by atoms with van der Waals surface area (Å²) in [5.41, 5.74) is 7.63. The molecule has 0 amide bonds. The third-order valence-corrected chi connectivity index (χ3v) is 1.72. The number of hydrogen-bond donors (Lipinski definition) is 1. The van der Waals surface area contributed by atoms with Gasteiger partial charge in [0, 0.05) is 12.7 Å². The Balaban J connectivity index is 0. The molecule has 0 aromatic carbocycles. The van der Waals surface area contributed by atoms with E-state index in [9.17, 15) is 0 Å². The summed E-state index contributed by atoms with van der Waals surface area (Å²) < 4.78 is 0. The van der Waals surface area contributed by atoms with Crippen LogP contribution in [0.3, 0.4) is 0 Å². The first-order valence-corrected chi connectivity index (χ1v) is 3.89.